The van der Waals surface area contributed by atoms with E-state index < -0.39 is 7.12 Å². The average molecular weight is 274 g/mol. The van der Waals surface area contributed by atoms with Crippen LogP contribution in [0.1, 0.15) is 13.3 Å². The number of rotatable bonds is 7. The molecule has 0 amide bonds. The third-order valence-electron chi connectivity index (χ3n) is 3.04. The van der Waals surface area contributed by atoms with Gasteiger partial charge in [0, 0.05) is 19.6 Å². The molecule has 2 rings (SSSR count). The van der Waals surface area contributed by atoms with Crippen molar-refractivity contribution in [2.75, 3.05) is 19.8 Å². The van der Waals surface area contributed by atoms with Gasteiger partial charge in [0.25, 0.3) is 0 Å². The second-order valence-electron chi connectivity index (χ2n) is 4.54. The summed E-state index contributed by atoms with van der Waals surface area (Å²) in [5, 5.41) is 20.3. The first-order valence-electron chi connectivity index (χ1n) is 6.81. The highest BCUT2D eigenvalue weighted by Crippen LogP contribution is 2.20. The van der Waals surface area contributed by atoms with Crippen LogP contribution in [0.15, 0.2) is 36.4 Å². The summed E-state index contributed by atoms with van der Waals surface area (Å²) < 4.78 is 10.9. The second kappa shape index (κ2) is 7.29. The molecule has 0 saturated carbocycles. The smallest absolute Gasteiger partial charge is 0.488 e. The Hall–Kier alpha value is -1.56. The van der Waals surface area contributed by atoms with Crippen molar-refractivity contribution in [2.45, 2.75) is 13.3 Å². The molecule has 4 nitrogen and oxygen atoms in total. The van der Waals surface area contributed by atoms with Crippen LogP contribution < -0.4 is 10.2 Å². The predicted molar refractivity (Wildman–Crippen MR) is 80.4 cm³/mol. The molecule has 2 N–H and O–H groups in total. The van der Waals surface area contributed by atoms with Crippen molar-refractivity contribution >= 4 is 23.4 Å². The number of hydrogen-bond acceptors (Lipinski definition) is 4. The summed E-state index contributed by atoms with van der Waals surface area (Å²) in [5.41, 5.74) is 0.489. The molecule has 106 valence electrons. The maximum absolute atomic E-state index is 9.14. The van der Waals surface area contributed by atoms with Gasteiger partial charge >= 0.3 is 7.12 Å². The van der Waals surface area contributed by atoms with Gasteiger partial charge in [0.2, 0.25) is 0 Å². The molecule has 20 heavy (non-hydrogen) atoms. The molecular weight excluding hydrogens is 255 g/mol. The first kappa shape index (κ1) is 14.8. The van der Waals surface area contributed by atoms with Crippen molar-refractivity contribution in [3.8, 4) is 5.75 Å². The Morgan fingerprint density at radius 3 is 2.50 bits per heavy atom. The monoisotopic (exact) mass is 274 g/mol. The van der Waals surface area contributed by atoms with E-state index in [-0.39, 0.29) is 0 Å². The molecule has 0 atom stereocenters. The molecule has 0 aliphatic rings. The van der Waals surface area contributed by atoms with E-state index in [1.54, 1.807) is 12.1 Å². The predicted octanol–water partition coefficient (Wildman–Crippen LogP) is 1.32. The molecule has 0 aliphatic carbocycles. The third-order valence-corrected chi connectivity index (χ3v) is 3.04. The van der Waals surface area contributed by atoms with E-state index in [2.05, 4.69) is 0 Å². The van der Waals surface area contributed by atoms with Crippen molar-refractivity contribution < 1.29 is 19.5 Å². The van der Waals surface area contributed by atoms with E-state index in [0.29, 0.717) is 18.7 Å². The van der Waals surface area contributed by atoms with Gasteiger partial charge in [-0.3, -0.25) is 0 Å². The fourth-order valence-corrected chi connectivity index (χ4v) is 1.99. The summed E-state index contributed by atoms with van der Waals surface area (Å²) in [6.45, 7) is 4.04. The van der Waals surface area contributed by atoms with Crippen molar-refractivity contribution in [3.05, 3.63) is 36.4 Å². The molecule has 5 heteroatoms. The van der Waals surface area contributed by atoms with E-state index in [9.17, 15) is 0 Å². The second-order valence-corrected chi connectivity index (χ2v) is 4.54. The summed E-state index contributed by atoms with van der Waals surface area (Å²) in [7, 11) is -1.44. The van der Waals surface area contributed by atoms with E-state index in [1.807, 2.05) is 31.2 Å². The first-order valence-corrected chi connectivity index (χ1v) is 6.81. The highest BCUT2D eigenvalue weighted by Gasteiger charge is 2.10. The van der Waals surface area contributed by atoms with Gasteiger partial charge in [0.1, 0.15) is 5.75 Å². The molecule has 0 unspecified atom stereocenters. The Balaban J connectivity index is 2.00. The summed E-state index contributed by atoms with van der Waals surface area (Å²) in [5.74, 6) is 0.811. The molecule has 0 fully saturated rings. The van der Waals surface area contributed by atoms with E-state index in [1.165, 1.54) is 0 Å². The minimum Gasteiger partial charge on any atom is -0.493 e. The minimum atomic E-state index is -1.44. The van der Waals surface area contributed by atoms with E-state index >= 15 is 0 Å². The average Bonchev–Trinajstić information content (AvgIpc) is 2.46. The van der Waals surface area contributed by atoms with Gasteiger partial charge in [-0.1, -0.05) is 24.3 Å². The van der Waals surface area contributed by atoms with Crippen LogP contribution in [0.25, 0.3) is 10.8 Å². The topological polar surface area (TPSA) is 58.9 Å². The largest absolute Gasteiger partial charge is 0.493 e. The van der Waals surface area contributed by atoms with Gasteiger partial charge in [-0.2, -0.15) is 0 Å². The van der Waals surface area contributed by atoms with Crippen LogP contribution in [0.4, 0.5) is 0 Å². The standard InChI is InChI=1S/C15H19BO4/c1-2-19-8-3-9-20-15-7-5-12-10-14(16(17)18)6-4-13(12)11-15/h4-7,10-11,17-18H,2-3,8-9H2,1H3. The maximum atomic E-state index is 9.14. The Morgan fingerprint density at radius 2 is 1.75 bits per heavy atom. The molecule has 0 heterocycles. The zero-order valence-corrected chi connectivity index (χ0v) is 11.6. The zero-order chi connectivity index (χ0) is 14.4. The summed E-state index contributed by atoms with van der Waals surface area (Å²) >= 11 is 0. The Bertz CT molecular complexity index is 557. The van der Waals surface area contributed by atoms with Crippen LogP contribution in [0.3, 0.4) is 0 Å². The van der Waals surface area contributed by atoms with Crippen molar-refractivity contribution in [3.63, 3.8) is 0 Å². The van der Waals surface area contributed by atoms with Gasteiger partial charge in [0.05, 0.1) is 6.61 Å². The normalized spacial score (nSPS) is 10.8. The van der Waals surface area contributed by atoms with Gasteiger partial charge in [-0.15, -0.1) is 0 Å². The molecule has 0 aromatic heterocycles. The van der Waals surface area contributed by atoms with Crippen LogP contribution in [-0.4, -0.2) is 37.0 Å². The lowest BCUT2D eigenvalue weighted by Gasteiger charge is -2.08. The molecule has 0 radical (unpaired) electrons. The molecular formula is C15H19BO4. The van der Waals surface area contributed by atoms with Crippen LogP contribution >= 0.6 is 0 Å². The third kappa shape index (κ3) is 3.97. The molecule has 0 bridgehead atoms. The molecule has 0 spiro atoms. The van der Waals surface area contributed by atoms with Crippen LogP contribution in [-0.2, 0) is 4.74 Å². The maximum Gasteiger partial charge on any atom is 0.488 e. The lowest BCUT2D eigenvalue weighted by molar-refractivity contribution is 0.131. The van der Waals surface area contributed by atoms with Crippen molar-refractivity contribution in [2.24, 2.45) is 0 Å². The number of ether oxygens (including phenoxy) is 2. The Morgan fingerprint density at radius 1 is 1.00 bits per heavy atom. The number of benzene rings is 2. The fraction of sp³-hybridized carbons (Fsp3) is 0.333. The lowest BCUT2D eigenvalue weighted by Crippen LogP contribution is -2.29. The highest BCUT2D eigenvalue weighted by molar-refractivity contribution is 6.58. The summed E-state index contributed by atoms with van der Waals surface area (Å²) in [6.07, 6.45) is 0.863. The summed E-state index contributed by atoms with van der Waals surface area (Å²) in [6, 6.07) is 11.1. The molecule has 0 aliphatic heterocycles. The Labute approximate surface area is 119 Å². The van der Waals surface area contributed by atoms with Gasteiger partial charge < -0.3 is 19.5 Å². The zero-order valence-electron chi connectivity index (χ0n) is 11.6. The van der Waals surface area contributed by atoms with Gasteiger partial charge in [0.15, 0.2) is 0 Å². The Kier molecular flexibility index (Phi) is 5.41. The lowest BCUT2D eigenvalue weighted by atomic mass is 9.79. The van der Waals surface area contributed by atoms with Gasteiger partial charge in [-0.25, -0.2) is 0 Å². The number of hydrogen-bond donors (Lipinski definition) is 2. The minimum absolute atomic E-state index is 0.489. The quantitative estimate of drug-likeness (QED) is 0.590. The summed E-state index contributed by atoms with van der Waals surface area (Å²) in [4.78, 5) is 0. The molecule has 2 aromatic rings. The van der Waals surface area contributed by atoms with Crippen LogP contribution in [0, 0.1) is 0 Å². The molecule has 0 saturated heterocycles. The van der Waals surface area contributed by atoms with Crippen molar-refractivity contribution in [1.82, 2.24) is 0 Å². The molecule has 2 aromatic carbocycles. The fourth-order valence-electron chi connectivity index (χ4n) is 1.99. The van der Waals surface area contributed by atoms with Crippen LogP contribution in [0.2, 0.25) is 0 Å². The SMILES string of the molecule is CCOCCCOc1ccc2cc(B(O)O)ccc2c1. The van der Waals surface area contributed by atoms with Crippen molar-refractivity contribution in [1.29, 1.82) is 0 Å². The van der Waals surface area contributed by atoms with Gasteiger partial charge in [-0.05, 0) is 35.3 Å². The van der Waals surface area contributed by atoms with E-state index in [0.717, 1.165) is 29.5 Å². The first-order chi connectivity index (χ1) is 9.70. The number of fused-ring (bicyclic) bond motifs is 1. The van der Waals surface area contributed by atoms with Crippen LogP contribution in [0.5, 0.6) is 5.75 Å². The highest BCUT2D eigenvalue weighted by atomic mass is 16.5. The van der Waals surface area contributed by atoms with E-state index in [4.69, 9.17) is 19.5 Å².